The highest BCUT2D eigenvalue weighted by molar-refractivity contribution is 7.22. The van der Waals surface area contributed by atoms with E-state index in [9.17, 15) is 13.6 Å². The Kier molecular flexibility index (Phi) is 8.07. The van der Waals surface area contributed by atoms with Gasteiger partial charge >= 0.3 is 6.61 Å². The van der Waals surface area contributed by atoms with Crippen molar-refractivity contribution >= 4 is 58.0 Å². The fraction of sp³-hybridized carbons (Fsp3) is 0.304. The molecule has 3 heterocycles. The number of rotatable bonds is 10. The molecule has 0 spiro atoms. The van der Waals surface area contributed by atoms with Crippen LogP contribution in [0, 0.1) is 0 Å². The number of nitrogen functional groups attached to an aromatic ring is 1. The van der Waals surface area contributed by atoms with E-state index in [1.54, 1.807) is 6.20 Å². The predicted molar refractivity (Wildman–Crippen MR) is 143 cm³/mol. The molecule has 4 aromatic rings. The van der Waals surface area contributed by atoms with Crippen LogP contribution in [0.5, 0.6) is 5.75 Å². The van der Waals surface area contributed by atoms with Crippen molar-refractivity contribution in [3.8, 4) is 17.0 Å². The summed E-state index contributed by atoms with van der Waals surface area (Å²) in [6, 6.07) is 5.17. The zero-order chi connectivity index (χ0) is 26.7. The Morgan fingerprint density at radius 3 is 2.78 bits per heavy atom. The van der Waals surface area contributed by atoms with E-state index in [1.165, 1.54) is 46.6 Å². The van der Waals surface area contributed by atoms with Crippen molar-refractivity contribution in [2.75, 3.05) is 17.7 Å². The summed E-state index contributed by atoms with van der Waals surface area (Å²) in [7, 11) is -1.33. The molecule has 0 radical (unpaired) electrons. The van der Waals surface area contributed by atoms with Crippen LogP contribution in [0.25, 0.3) is 21.5 Å². The third-order valence-corrected chi connectivity index (χ3v) is 8.03. The summed E-state index contributed by atoms with van der Waals surface area (Å²) in [6.45, 7) is 4.15. The van der Waals surface area contributed by atoms with E-state index in [1.807, 2.05) is 0 Å². The Labute approximate surface area is 221 Å². The Morgan fingerprint density at radius 1 is 1.27 bits per heavy atom. The molecule has 0 aliphatic heterocycles. The maximum atomic E-state index is 13.3. The maximum absolute atomic E-state index is 13.3. The molecule has 9 nitrogen and oxygen atoms in total. The summed E-state index contributed by atoms with van der Waals surface area (Å²) < 4.78 is 39.1. The minimum absolute atomic E-state index is 0.0239. The van der Waals surface area contributed by atoms with Crippen molar-refractivity contribution in [1.29, 1.82) is 0 Å². The number of fused-ring (bicyclic) bond motifs is 1. The summed E-state index contributed by atoms with van der Waals surface area (Å²) in [5.41, 5.74) is 7.15. The highest BCUT2D eigenvalue weighted by atomic mass is 35.5. The van der Waals surface area contributed by atoms with Crippen LogP contribution < -0.4 is 15.8 Å². The molecule has 0 unspecified atom stereocenters. The van der Waals surface area contributed by atoms with Gasteiger partial charge in [-0.25, -0.2) is 9.67 Å². The smallest absolute Gasteiger partial charge is 0.387 e. The number of benzene rings is 1. The minimum atomic E-state index is -3.07. The fourth-order valence-corrected chi connectivity index (χ4v) is 5.16. The van der Waals surface area contributed by atoms with E-state index in [4.69, 9.17) is 26.8 Å². The molecule has 0 atom stereocenters. The number of nitrogens with zero attached hydrogens (tertiary/aromatic N) is 4. The summed E-state index contributed by atoms with van der Waals surface area (Å²) in [4.78, 5) is 21.6. The van der Waals surface area contributed by atoms with Gasteiger partial charge in [-0.1, -0.05) is 42.6 Å². The molecule has 3 aromatic heterocycles. The molecule has 3 N–H and O–H groups in total. The van der Waals surface area contributed by atoms with E-state index in [0.29, 0.717) is 22.0 Å². The van der Waals surface area contributed by atoms with Crippen LogP contribution in [0.4, 0.5) is 19.6 Å². The van der Waals surface area contributed by atoms with E-state index in [-0.39, 0.29) is 40.0 Å². The normalized spacial score (nSPS) is 11.9. The van der Waals surface area contributed by atoms with Gasteiger partial charge in [0.05, 0.1) is 33.4 Å². The molecule has 4 rings (SSSR count). The number of aromatic nitrogens is 4. The van der Waals surface area contributed by atoms with Crippen LogP contribution in [0.3, 0.4) is 0 Å². The first-order chi connectivity index (χ1) is 17.5. The summed E-state index contributed by atoms with van der Waals surface area (Å²) in [6.07, 6.45) is 4.36. The fourth-order valence-electron chi connectivity index (χ4n) is 3.50. The third kappa shape index (κ3) is 6.60. The number of thiazole rings is 1. The molecule has 14 heteroatoms. The van der Waals surface area contributed by atoms with Crippen molar-refractivity contribution in [2.45, 2.75) is 39.0 Å². The zero-order valence-corrected chi connectivity index (χ0v) is 22.9. The highest BCUT2D eigenvalue weighted by Gasteiger charge is 2.23. The molecule has 1 amide bonds. The van der Waals surface area contributed by atoms with Crippen LogP contribution >= 0.6 is 22.9 Å². The number of hydrogen-bond acceptors (Lipinski definition) is 8. The monoisotopic (exact) mass is 566 g/mol. The SMILES string of the molecule is C[Si](C)(C)CCOCn1ncc(NC(=O)c2cncc3sc(N)nc23)c1-c1cc(Cl)ccc1OC(F)F. The zero-order valence-electron chi connectivity index (χ0n) is 20.3. The van der Waals surface area contributed by atoms with Crippen molar-refractivity contribution in [3.05, 3.63) is 47.4 Å². The van der Waals surface area contributed by atoms with Crippen molar-refractivity contribution in [1.82, 2.24) is 19.7 Å². The van der Waals surface area contributed by atoms with Gasteiger partial charge in [0.2, 0.25) is 0 Å². The number of alkyl halides is 2. The Balaban J connectivity index is 1.72. The molecule has 0 aliphatic carbocycles. The van der Waals surface area contributed by atoms with Gasteiger partial charge in [-0.05, 0) is 24.2 Å². The quantitative estimate of drug-likeness (QED) is 0.180. The Morgan fingerprint density at radius 2 is 2.05 bits per heavy atom. The van der Waals surface area contributed by atoms with E-state index in [2.05, 4.69) is 40.0 Å². The van der Waals surface area contributed by atoms with Crippen LogP contribution in [-0.2, 0) is 11.5 Å². The first-order valence-electron chi connectivity index (χ1n) is 11.2. The van der Waals surface area contributed by atoms with E-state index < -0.39 is 20.6 Å². The van der Waals surface area contributed by atoms with Crippen molar-refractivity contribution < 1.29 is 23.0 Å². The van der Waals surface area contributed by atoms with Crippen LogP contribution in [-0.4, -0.2) is 46.9 Å². The summed E-state index contributed by atoms with van der Waals surface area (Å²) in [5.74, 6) is -0.656. The first kappa shape index (κ1) is 26.9. The molecule has 0 aliphatic rings. The Hall–Kier alpha value is -3.13. The lowest BCUT2D eigenvalue weighted by Crippen LogP contribution is -2.22. The predicted octanol–water partition coefficient (Wildman–Crippen LogP) is 5.96. The number of amides is 1. The number of hydrogen-bond donors (Lipinski definition) is 2. The van der Waals surface area contributed by atoms with Crippen LogP contribution in [0.15, 0.2) is 36.8 Å². The number of carbonyl (C=O) groups is 1. The molecule has 0 saturated heterocycles. The number of nitrogens with one attached hydrogen (secondary N) is 1. The number of anilines is 2. The lowest BCUT2D eigenvalue weighted by Gasteiger charge is -2.17. The second-order valence-electron chi connectivity index (χ2n) is 9.31. The van der Waals surface area contributed by atoms with Crippen molar-refractivity contribution in [3.63, 3.8) is 0 Å². The van der Waals surface area contributed by atoms with Gasteiger partial charge < -0.3 is 20.5 Å². The average molecular weight is 567 g/mol. The Bertz CT molecular complexity index is 1430. The van der Waals surface area contributed by atoms with Gasteiger partial charge in [-0.2, -0.15) is 13.9 Å². The molecule has 0 bridgehead atoms. The van der Waals surface area contributed by atoms with E-state index in [0.717, 1.165) is 6.04 Å². The highest BCUT2D eigenvalue weighted by Crippen LogP contribution is 2.38. The number of halogens is 3. The van der Waals surface area contributed by atoms with Gasteiger partial charge in [0.25, 0.3) is 5.91 Å². The van der Waals surface area contributed by atoms with Gasteiger partial charge in [0, 0.05) is 37.7 Å². The second-order valence-corrected chi connectivity index (χ2v) is 16.4. The first-order valence-corrected chi connectivity index (χ1v) is 16.1. The number of nitrogens with two attached hydrogens (primary N) is 1. The number of pyridine rings is 1. The van der Waals surface area contributed by atoms with Gasteiger partial charge in [-0.15, -0.1) is 0 Å². The van der Waals surface area contributed by atoms with Gasteiger partial charge in [0.1, 0.15) is 12.5 Å². The molecule has 0 saturated carbocycles. The van der Waals surface area contributed by atoms with Crippen LogP contribution in [0.2, 0.25) is 30.7 Å². The van der Waals surface area contributed by atoms with E-state index >= 15 is 0 Å². The lowest BCUT2D eigenvalue weighted by atomic mass is 10.1. The molecule has 0 fully saturated rings. The van der Waals surface area contributed by atoms with Gasteiger partial charge in [-0.3, -0.25) is 9.78 Å². The topological polar surface area (TPSA) is 117 Å². The maximum Gasteiger partial charge on any atom is 0.387 e. The third-order valence-electron chi connectivity index (χ3n) is 5.28. The largest absolute Gasteiger partial charge is 0.434 e. The number of carbonyl (C=O) groups excluding carboxylic acids is 1. The molecule has 196 valence electrons. The standard InChI is InChI=1S/C23H25ClF2N6O3SSi/c1-37(2,3)7-6-34-12-32-20(14-8-13(24)4-5-17(14)35-22(25)26)16(10-29-32)30-21(33)15-9-28-11-18-19(15)31-23(27)36-18/h4-5,8-11,22H,6-7,12H2,1-3H3,(H2,27,31)(H,30,33). The summed E-state index contributed by atoms with van der Waals surface area (Å²) in [5, 5.41) is 7.72. The average Bonchev–Trinajstić information content (AvgIpc) is 3.38. The molecular formula is C23H25ClF2N6O3SSi. The molecule has 1 aromatic carbocycles. The lowest BCUT2D eigenvalue weighted by molar-refractivity contribution is -0.0495. The summed E-state index contributed by atoms with van der Waals surface area (Å²) >= 11 is 7.42. The van der Waals surface area contributed by atoms with Crippen LogP contribution in [0.1, 0.15) is 10.4 Å². The molecule has 37 heavy (non-hydrogen) atoms. The minimum Gasteiger partial charge on any atom is -0.434 e. The van der Waals surface area contributed by atoms with Gasteiger partial charge in [0.15, 0.2) is 5.13 Å². The second kappa shape index (κ2) is 11.1. The number of ether oxygens (including phenoxy) is 2. The van der Waals surface area contributed by atoms with Crippen molar-refractivity contribution in [2.24, 2.45) is 0 Å². The molecular weight excluding hydrogens is 542 g/mol.